The van der Waals surface area contributed by atoms with Crippen LogP contribution in [0.5, 0.6) is 0 Å². The van der Waals surface area contributed by atoms with Crippen LogP contribution in [-0.2, 0) is 36.6 Å². The SMILES string of the molecule is C[C@H]1CCc2c(sc(NC(=O)COC(=O)C3=COCCO3)c2C#N)C1. The summed E-state index contributed by atoms with van der Waals surface area (Å²) in [7, 11) is 0. The number of carbonyl (C=O) groups excluding carboxylic acids is 2. The van der Waals surface area contributed by atoms with Crippen molar-refractivity contribution in [3.8, 4) is 6.07 Å². The third-order valence-corrected chi connectivity index (χ3v) is 5.23. The number of anilines is 1. The van der Waals surface area contributed by atoms with E-state index in [1.54, 1.807) is 0 Å². The van der Waals surface area contributed by atoms with E-state index in [-0.39, 0.29) is 12.4 Å². The van der Waals surface area contributed by atoms with Crippen LogP contribution in [0, 0.1) is 17.2 Å². The number of hydrogen-bond donors (Lipinski definition) is 1. The van der Waals surface area contributed by atoms with Gasteiger partial charge in [0, 0.05) is 4.88 Å². The Morgan fingerprint density at radius 1 is 1.48 bits per heavy atom. The van der Waals surface area contributed by atoms with Crippen LogP contribution in [0.2, 0.25) is 0 Å². The number of fused-ring (bicyclic) bond motifs is 1. The predicted molar refractivity (Wildman–Crippen MR) is 89.8 cm³/mol. The number of nitriles is 1. The number of amides is 1. The van der Waals surface area contributed by atoms with Gasteiger partial charge in [-0.15, -0.1) is 11.3 Å². The summed E-state index contributed by atoms with van der Waals surface area (Å²) >= 11 is 1.43. The van der Waals surface area contributed by atoms with Crippen LogP contribution in [0.25, 0.3) is 0 Å². The highest BCUT2D eigenvalue weighted by molar-refractivity contribution is 7.16. The van der Waals surface area contributed by atoms with Gasteiger partial charge in [-0.1, -0.05) is 6.92 Å². The minimum Gasteiger partial charge on any atom is -0.493 e. The molecule has 0 bridgehead atoms. The van der Waals surface area contributed by atoms with Gasteiger partial charge in [0.2, 0.25) is 5.76 Å². The molecule has 0 aromatic carbocycles. The van der Waals surface area contributed by atoms with E-state index < -0.39 is 18.5 Å². The number of thiophene rings is 1. The molecule has 1 aliphatic carbocycles. The number of carbonyl (C=O) groups is 2. The van der Waals surface area contributed by atoms with E-state index in [1.807, 2.05) is 0 Å². The van der Waals surface area contributed by atoms with Crippen LogP contribution >= 0.6 is 11.3 Å². The average molecular weight is 362 g/mol. The third-order valence-electron chi connectivity index (χ3n) is 4.06. The van der Waals surface area contributed by atoms with E-state index in [9.17, 15) is 14.9 Å². The van der Waals surface area contributed by atoms with Crippen molar-refractivity contribution in [3.63, 3.8) is 0 Å². The second-order valence-electron chi connectivity index (χ2n) is 5.99. The zero-order valence-corrected chi connectivity index (χ0v) is 14.6. The summed E-state index contributed by atoms with van der Waals surface area (Å²) in [5, 5.41) is 12.6. The van der Waals surface area contributed by atoms with Crippen molar-refractivity contribution in [1.29, 1.82) is 5.26 Å². The van der Waals surface area contributed by atoms with Crippen molar-refractivity contribution in [3.05, 3.63) is 28.0 Å². The molecule has 0 saturated heterocycles. The van der Waals surface area contributed by atoms with Crippen molar-refractivity contribution < 1.29 is 23.8 Å². The molecule has 1 N–H and O–H groups in total. The molecule has 25 heavy (non-hydrogen) atoms. The predicted octanol–water partition coefficient (Wildman–Crippen LogP) is 2.11. The average Bonchev–Trinajstić information content (AvgIpc) is 2.96. The summed E-state index contributed by atoms with van der Waals surface area (Å²) in [6.45, 7) is 2.36. The number of rotatable bonds is 4. The third kappa shape index (κ3) is 3.94. The Balaban J connectivity index is 1.61. The lowest BCUT2D eigenvalue weighted by Gasteiger charge is -2.17. The van der Waals surface area contributed by atoms with E-state index in [2.05, 4.69) is 18.3 Å². The molecule has 3 rings (SSSR count). The van der Waals surface area contributed by atoms with Crippen LogP contribution in [0.1, 0.15) is 29.3 Å². The number of ether oxygens (including phenoxy) is 3. The Morgan fingerprint density at radius 2 is 2.32 bits per heavy atom. The topological polar surface area (TPSA) is 97.7 Å². The molecule has 0 radical (unpaired) electrons. The lowest BCUT2D eigenvalue weighted by atomic mass is 9.89. The van der Waals surface area contributed by atoms with Gasteiger partial charge in [0.15, 0.2) is 6.61 Å². The van der Waals surface area contributed by atoms with Crippen LogP contribution in [0.4, 0.5) is 5.00 Å². The molecule has 1 aromatic rings. The van der Waals surface area contributed by atoms with E-state index >= 15 is 0 Å². The zero-order valence-electron chi connectivity index (χ0n) is 13.8. The van der Waals surface area contributed by atoms with Gasteiger partial charge in [-0.2, -0.15) is 5.26 Å². The van der Waals surface area contributed by atoms with Gasteiger partial charge in [-0.3, -0.25) is 4.79 Å². The van der Waals surface area contributed by atoms with Crippen molar-refractivity contribution in [1.82, 2.24) is 0 Å². The highest BCUT2D eigenvalue weighted by atomic mass is 32.1. The summed E-state index contributed by atoms with van der Waals surface area (Å²) in [6, 6.07) is 2.18. The number of nitrogens with one attached hydrogen (secondary N) is 1. The highest BCUT2D eigenvalue weighted by Gasteiger charge is 2.25. The first-order valence-corrected chi connectivity index (χ1v) is 8.86. The molecule has 1 atom stereocenters. The van der Waals surface area contributed by atoms with E-state index in [0.29, 0.717) is 23.1 Å². The molecule has 8 heteroatoms. The molecular formula is C17H18N2O5S. The summed E-state index contributed by atoms with van der Waals surface area (Å²) < 4.78 is 15.0. The molecule has 0 spiro atoms. The lowest BCUT2D eigenvalue weighted by Crippen LogP contribution is -2.23. The Labute approximate surface area is 149 Å². The molecule has 1 aromatic heterocycles. The Hall–Kier alpha value is -2.53. The normalized spacial score (nSPS) is 18.7. The molecule has 1 amide bonds. The van der Waals surface area contributed by atoms with Gasteiger partial charge >= 0.3 is 5.97 Å². The van der Waals surface area contributed by atoms with Gasteiger partial charge in [0.1, 0.15) is 30.5 Å². The number of hydrogen-bond acceptors (Lipinski definition) is 7. The van der Waals surface area contributed by atoms with Crippen molar-refractivity contribution >= 4 is 28.2 Å². The van der Waals surface area contributed by atoms with Crippen molar-refractivity contribution in [2.75, 3.05) is 25.1 Å². The maximum atomic E-state index is 12.1. The van der Waals surface area contributed by atoms with Gasteiger partial charge < -0.3 is 19.5 Å². The summed E-state index contributed by atoms with van der Waals surface area (Å²) in [4.78, 5) is 25.0. The maximum Gasteiger partial charge on any atom is 0.377 e. The first-order valence-electron chi connectivity index (χ1n) is 8.04. The fraction of sp³-hybridized carbons (Fsp3) is 0.471. The zero-order chi connectivity index (χ0) is 17.8. The van der Waals surface area contributed by atoms with Crippen LogP contribution in [-0.4, -0.2) is 31.7 Å². The van der Waals surface area contributed by atoms with Crippen molar-refractivity contribution in [2.24, 2.45) is 5.92 Å². The molecule has 2 aliphatic rings. The van der Waals surface area contributed by atoms with Crippen molar-refractivity contribution in [2.45, 2.75) is 26.2 Å². The van der Waals surface area contributed by atoms with Crippen LogP contribution in [0.3, 0.4) is 0 Å². The van der Waals surface area contributed by atoms with E-state index in [4.69, 9.17) is 14.2 Å². The molecule has 2 heterocycles. The van der Waals surface area contributed by atoms with Gasteiger partial charge in [-0.05, 0) is 30.7 Å². The van der Waals surface area contributed by atoms with E-state index in [0.717, 1.165) is 29.7 Å². The number of esters is 1. The smallest absolute Gasteiger partial charge is 0.377 e. The number of nitrogens with zero attached hydrogens (tertiary/aromatic N) is 1. The quantitative estimate of drug-likeness (QED) is 0.824. The molecule has 1 aliphatic heterocycles. The molecular weight excluding hydrogens is 344 g/mol. The Bertz CT molecular complexity index is 762. The maximum absolute atomic E-state index is 12.1. The molecule has 132 valence electrons. The Kier molecular flexibility index (Phi) is 5.24. The minimum atomic E-state index is -0.755. The van der Waals surface area contributed by atoms with E-state index in [1.165, 1.54) is 17.6 Å². The second kappa shape index (κ2) is 7.57. The van der Waals surface area contributed by atoms with Gasteiger partial charge in [0.25, 0.3) is 5.91 Å². The fourth-order valence-corrected chi connectivity index (χ4v) is 4.17. The molecule has 7 nitrogen and oxygen atoms in total. The first-order chi connectivity index (χ1) is 12.1. The monoisotopic (exact) mass is 362 g/mol. The second-order valence-corrected chi connectivity index (χ2v) is 7.10. The summed E-state index contributed by atoms with van der Waals surface area (Å²) in [5.41, 5.74) is 1.56. The highest BCUT2D eigenvalue weighted by Crippen LogP contribution is 2.39. The minimum absolute atomic E-state index is 0.0580. The Morgan fingerprint density at radius 3 is 3.04 bits per heavy atom. The van der Waals surface area contributed by atoms with Gasteiger partial charge in [0.05, 0.1) is 5.56 Å². The molecule has 0 unspecified atom stereocenters. The summed E-state index contributed by atoms with van der Waals surface area (Å²) in [5.74, 6) is -0.728. The standard InChI is InChI=1S/C17H18N2O5S/c1-10-2-3-11-12(7-18)16(25-14(11)6-10)19-15(20)9-24-17(21)13-8-22-4-5-23-13/h8,10H,2-6,9H2,1H3,(H,19,20)/t10-/m0/s1. The molecule has 0 fully saturated rings. The largest absolute Gasteiger partial charge is 0.493 e. The first kappa shape index (κ1) is 17.3. The summed E-state index contributed by atoms with van der Waals surface area (Å²) in [6.07, 6.45) is 3.99. The van der Waals surface area contributed by atoms with Crippen LogP contribution in [0.15, 0.2) is 12.0 Å². The van der Waals surface area contributed by atoms with Gasteiger partial charge in [-0.25, -0.2) is 4.79 Å². The van der Waals surface area contributed by atoms with Crippen LogP contribution < -0.4 is 5.32 Å². The fourth-order valence-electron chi connectivity index (χ4n) is 2.80. The lowest BCUT2D eigenvalue weighted by molar-refractivity contribution is -0.148. The molecule has 0 saturated carbocycles.